The van der Waals surface area contributed by atoms with Crippen molar-refractivity contribution in [3.63, 3.8) is 0 Å². The van der Waals surface area contributed by atoms with E-state index >= 15 is 0 Å². The van der Waals surface area contributed by atoms with E-state index in [1.807, 2.05) is 18.2 Å². The summed E-state index contributed by atoms with van der Waals surface area (Å²) in [5, 5.41) is 13.3. The summed E-state index contributed by atoms with van der Waals surface area (Å²) in [6.45, 7) is 3.84. The molecule has 0 bridgehead atoms. The normalized spacial score (nSPS) is 17.8. The van der Waals surface area contributed by atoms with Gasteiger partial charge < -0.3 is 14.3 Å². The van der Waals surface area contributed by atoms with E-state index in [2.05, 4.69) is 39.1 Å². The van der Waals surface area contributed by atoms with E-state index in [1.165, 1.54) is 0 Å². The zero-order valence-electron chi connectivity index (χ0n) is 12.7. The third-order valence-electron chi connectivity index (χ3n) is 4.38. The lowest BCUT2D eigenvalue weighted by Crippen LogP contribution is -2.37. The van der Waals surface area contributed by atoms with E-state index in [1.54, 1.807) is 0 Å². The summed E-state index contributed by atoms with van der Waals surface area (Å²) in [4.78, 5) is 0. The molecule has 114 valence electrons. The predicted octanol–water partition coefficient (Wildman–Crippen LogP) is 2.69. The lowest BCUT2D eigenvalue weighted by atomic mass is 10.1. The molecule has 0 saturated heterocycles. The van der Waals surface area contributed by atoms with Crippen LogP contribution in [0.15, 0.2) is 34.7 Å². The summed E-state index contributed by atoms with van der Waals surface area (Å²) in [7, 11) is 0. The molecule has 0 saturated carbocycles. The third kappa shape index (κ3) is 2.41. The molecule has 0 radical (unpaired) electrons. The zero-order chi connectivity index (χ0) is 14.9. The Hall–Kier alpha value is -2.14. The first-order valence-electron chi connectivity index (χ1n) is 7.95. The van der Waals surface area contributed by atoms with Crippen molar-refractivity contribution in [3.8, 4) is 0 Å². The number of benzene rings is 1. The fraction of sp³-hybridized carbons (Fsp3) is 0.412. The molecule has 5 nitrogen and oxygen atoms in total. The fourth-order valence-corrected chi connectivity index (χ4v) is 3.18. The molecule has 0 amide bonds. The van der Waals surface area contributed by atoms with Crippen molar-refractivity contribution in [2.24, 2.45) is 0 Å². The van der Waals surface area contributed by atoms with Gasteiger partial charge in [0, 0.05) is 30.8 Å². The Bertz CT molecular complexity index is 742. The molecule has 0 fully saturated rings. The molecular formula is C17H20N4O. The highest BCUT2D eigenvalue weighted by Crippen LogP contribution is 2.20. The maximum Gasteiger partial charge on any atom is 0.134 e. The second kappa shape index (κ2) is 5.57. The van der Waals surface area contributed by atoms with Crippen molar-refractivity contribution in [3.05, 3.63) is 47.7 Å². The van der Waals surface area contributed by atoms with Crippen LogP contribution in [0.1, 0.15) is 30.8 Å². The highest BCUT2D eigenvalue weighted by Gasteiger charge is 2.22. The SMILES string of the molecule is CCc1nnc2n1C[C@H](NCc1cc3ccccc3o1)CC2. The molecule has 0 spiro atoms. The van der Waals surface area contributed by atoms with Crippen molar-refractivity contribution >= 4 is 11.0 Å². The van der Waals surface area contributed by atoms with Crippen LogP contribution in [-0.4, -0.2) is 20.8 Å². The molecule has 1 atom stereocenters. The number of furan rings is 1. The monoisotopic (exact) mass is 296 g/mol. The van der Waals surface area contributed by atoms with Crippen LogP contribution in [0.25, 0.3) is 11.0 Å². The van der Waals surface area contributed by atoms with Crippen molar-refractivity contribution in [2.45, 2.75) is 45.3 Å². The summed E-state index contributed by atoms with van der Waals surface area (Å²) in [6, 6.07) is 10.7. The number of hydrogen-bond acceptors (Lipinski definition) is 4. The maximum atomic E-state index is 5.86. The highest BCUT2D eigenvalue weighted by molar-refractivity contribution is 5.77. The molecule has 0 aliphatic carbocycles. The van der Waals surface area contributed by atoms with Gasteiger partial charge in [-0.15, -0.1) is 10.2 Å². The van der Waals surface area contributed by atoms with Crippen molar-refractivity contribution in [1.82, 2.24) is 20.1 Å². The number of fused-ring (bicyclic) bond motifs is 2. The lowest BCUT2D eigenvalue weighted by molar-refractivity contribution is 0.360. The van der Waals surface area contributed by atoms with Gasteiger partial charge in [0.2, 0.25) is 0 Å². The van der Waals surface area contributed by atoms with Gasteiger partial charge in [0.1, 0.15) is 23.0 Å². The minimum atomic E-state index is 0.446. The van der Waals surface area contributed by atoms with Crippen LogP contribution in [0.5, 0.6) is 0 Å². The quantitative estimate of drug-likeness (QED) is 0.804. The summed E-state index contributed by atoms with van der Waals surface area (Å²) in [5.41, 5.74) is 0.956. The second-order valence-electron chi connectivity index (χ2n) is 5.86. The molecule has 3 heterocycles. The number of hydrogen-bond donors (Lipinski definition) is 1. The molecule has 0 unspecified atom stereocenters. The predicted molar refractivity (Wildman–Crippen MR) is 84.6 cm³/mol. The number of aryl methyl sites for hydroxylation is 2. The molecular weight excluding hydrogens is 276 g/mol. The summed E-state index contributed by atoms with van der Waals surface area (Å²) in [6.07, 6.45) is 3.02. The number of aromatic nitrogens is 3. The van der Waals surface area contributed by atoms with Crippen LogP contribution in [0.3, 0.4) is 0 Å². The molecule has 22 heavy (non-hydrogen) atoms. The van der Waals surface area contributed by atoms with Gasteiger partial charge in [-0.05, 0) is 18.6 Å². The van der Waals surface area contributed by atoms with Gasteiger partial charge in [-0.25, -0.2) is 0 Å². The zero-order valence-corrected chi connectivity index (χ0v) is 12.7. The largest absolute Gasteiger partial charge is 0.460 e. The van der Waals surface area contributed by atoms with Crippen molar-refractivity contribution in [1.29, 1.82) is 0 Å². The Balaban J connectivity index is 1.44. The van der Waals surface area contributed by atoms with Gasteiger partial charge in [-0.2, -0.15) is 0 Å². The summed E-state index contributed by atoms with van der Waals surface area (Å²) in [5.74, 6) is 3.20. The van der Waals surface area contributed by atoms with E-state index in [9.17, 15) is 0 Å². The number of para-hydroxylation sites is 1. The van der Waals surface area contributed by atoms with E-state index in [4.69, 9.17) is 4.42 Å². The first-order chi connectivity index (χ1) is 10.8. The average molecular weight is 296 g/mol. The smallest absolute Gasteiger partial charge is 0.134 e. The van der Waals surface area contributed by atoms with Gasteiger partial charge >= 0.3 is 0 Å². The lowest BCUT2D eigenvalue weighted by Gasteiger charge is -2.25. The molecule has 2 aromatic heterocycles. The van der Waals surface area contributed by atoms with Crippen LogP contribution in [0, 0.1) is 0 Å². The van der Waals surface area contributed by atoms with E-state index < -0.39 is 0 Å². The number of rotatable bonds is 4. The first kappa shape index (κ1) is 13.5. The standard InChI is InChI=1S/C17H20N4O/c1-2-16-19-20-17-8-7-13(11-21(16)17)18-10-14-9-12-5-3-4-6-15(12)22-14/h3-6,9,13,18H,2,7-8,10-11H2,1H3/t13-/m1/s1. The van der Waals surface area contributed by atoms with Crippen LogP contribution in [0.2, 0.25) is 0 Å². The van der Waals surface area contributed by atoms with Gasteiger partial charge in [-0.1, -0.05) is 25.1 Å². The Morgan fingerprint density at radius 3 is 3.09 bits per heavy atom. The van der Waals surface area contributed by atoms with Gasteiger partial charge in [-0.3, -0.25) is 0 Å². The minimum Gasteiger partial charge on any atom is -0.460 e. The minimum absolute atomic E-state index is 0.446. The molecule has 4 rings (SSSR count). The molecule has 1 N–H and O–H groups in total. The number of nitrogens with one attached hydrogen (secondary N) is 1. The van der Waals surface area contributed by atoms with Crippen LogP contribution in [0.4, 0.5) is 0 Å². The van der Waals surface area contributed by atoms with E-state index in [0.29, 0.717) is 6.04 Å². The van der Waals surface area contributed by atoms with Gasteiger partial charge in [0.05, 0.1) is 6.54 Å². The summed E-state index contributed by atoms with van der Waals surface area (Å²) >= 11 is 0. The molecule has 3 aromatic rings. The topological polar surface area (TPSA) is 55.9 Å². The van der Waals surface area contributed by atoms with Gasteiger partial charge in [0.25, 0.3) is 0 Å². The molecule has 1 aromatic carbocycles. The molecule has 1 aliphatic rings. The fourth-order valence-electron chi connectivity index (χ4n) is 3.18. The first-order valence-corrected chi connectivity index (χ1v) is 7.95. The Labute approximate surface area is 129 Å². The Morgan fingerprint density at radius 1 is 1.32 bits per heavy atom. The average Bonchev–Trinajstić information content (AvgIpc) is 3.15. The third-order valence-corrected chi connectivity index (χ3v) is 4.38. The Kier molecular flexibility index (Phi) is 3.42. The Morgan fingerprint density at radius 2 is 2.23 bits per heavy atom. The van der Waals surface area contributed by atoms with Crippen LogP contribution >= 0.6 is 0 Å². The van der Waals surface area contributed by atoms with Crippen molar-refractivity contribution < 1.29 is 4.42 Å². The van der Waals surface area contributed by atoms with Gasteiger partial charge in [0.15, 0.2) is 0 Å². The maximum absolute atomic E-state index is 5.86. The molecule has 5 heteroatoms. The van der Waals surface area contributed by atoms with Crippen molar-refractivity contribution in [2.75, 3.05) is 0 Å². The van der Waals surface area contributed by atoms with Crippen LogP contribution in [-0.2, 0) is 25.9 Å². The van der Waals surface area contributed by atoms with E-state index in [-0.39, 0.29) is 0 Å². The molecule has 1 aliphatic heterocycles. The number of nitrogens with zero attached hydrogens (tertiary/aromatic N) is 3. The van der Waals surface area contributed by atoms with E-state index in [0.717, 1.165) is 60.7 Å². The van der Waals surface area contributed by atoms with Crippen LogP contribution < -0.4 is 5.32 Å². The highest BCUT2D eigenvalue weighted by atomic mass is 16.3. The second-order valence-corrected chi connectivity index (χ2v) is 5.86. The summed E-state index contributed by atoms with van der Waals surface area (Å²) < 4.78 is 8.13.